The van der Waals surface area contributed by atoms with E-state index in [1.165, 1.54) is 0 Å². The summed E-state index contributed by atoms with van der Waals surface area (Å²) < 4.78 is 6.64. The van der Waals surface area contributed by atoms with Crippen molar-refractivity contribution in [2.24, 2.45) is 0 Å². The molecule has 2 rings (SSSR count). The van der Waals surface area contributed by atoms with Crippen molar-refractivity contribution < 1.29 is 9.52 Å². The van der Waals surface area contributed by atoms with Crippen molar-refractivity contribution >= 4 is 16.8 Å². The van der Waals surface area contributed by atoms with Crippen LogP contribution in [0.15, 0.2) is 27.4 Å². The molecule has 5 nitrogen and oxygen atoms in total. The maximum atomic E-state index is 11.5. The molecule has 0 saturated carbocycles. The zero-order chi connectivity index (χ0) is 11.5. The number of benzene rings is 1. The molecule has 1 heterocycles. The molecule has 1 aromatic carbocycles. The van der Waals surface area contributed by atoms with Crippen LogP contribution in [-0.2, 0) is 6.54 Å². The third-order valence-electron chi connectivity index (χ3n) is 2.48. The summed E-state index contributed by atoms with van der Waals surface area (Å²) in [6.07, 6.45) is 1.42. The summed E-state index contributed by atoms with van der Waals surface area (Å²) in [5.74, 6) is -0.376. The summed E-state index contributed by atoms with van der Waals surface area (Å²) in [6, 6.07) is 5.15. The van der Waals surface area contributed by atoms with Crippen molar-refractivity contribution in [3.8, 4) is 0 Å². The maximum absolute atomic E-state index is 11.5. The zero-order valence-corrected chi connectivity index (χ0v) is 8.85. The molecule has 0 bridgehead atoms. The lowest BCUT2D eigenvalue weighted by molar-refractivity contribution is 0.280. The van der Waals surface area contributed by atoms with E-state index in [0.29, 0.717) is 24.2 Å². The molecule has 86 valence electrons. The number of aliphatic hydroxyl groups is 1. The fourth-order valence-corrected chi connectivity index (χ4v) is 1.68. The van der Waals surface area contributed by atoms with Crippen LogP contribution >= 0.6 is 0 Å². The Morgan fingerprint density at radius 3 is 2.94 bits per heavy atom. The standard InChI is InChI=1S/C11H14N2O3/c12-8-3-4-9-10(7-8)16-11(15)13(9)5-1-2-6-14/h3-4,7,14H,1-2,5-6,12H2. The number of nitrogens with zero attached hydrogens (tertiary/aromatic N) is 1. The number of anilines is 1. The van der Waals surface area contributed by atoms with E-state index in [9.17, 15) is 4.79 Å². The number of oxazole rings is 1. The van der Waals surface area contributed by atoms with Crippen LogP contribution in [0.5, 0.6) is 0 Å². The first-order valence-electron chi connectivity index (χ1n) is 5.22. The molecule has 2 aromatic rings. The topological polar surface area (TPSA) is 81.4 Å². The average molecular weight is 222 g/mol. The summed E-state index contributed by atoms with van der Waals surface area (Å²) in [6.45, 7) is 0.688. The van der Waals surface area contributed by atoms with E-state index < -0.39 is 0 Å². The van der Waals surface area contributed by atoms with E-state index in [1.54, 1.807) is 22.8 Å². The van der Waals surface area contributed by atoms with Gasteiger partial charge in [-0.1, -0.05) is 0 Å². The lowest BCUT2D eigenvalue weighted by Crippen LogP contribution is -2.14. The van der Waals surface area contributed by atoms with Crippen molar-refractivity contribution in [3.05, 3.63) is 28.7 Å². The SMILES string of the molecule is Nc1ccc2c(c1)oc(=O)n2CCCCO. The lowest BCUT2D eigenvalue weighted by Gasteiger charge is -2.00. The van der Waals surface area contributed by atoms with Crippen molar-refractivity contribution in [1.29, 1.82) is 0 Å². The second kappa shape index (κ2) is 4.40. The number of aromatic nitrogens is 1. The van der Waals surface area contributed by atoms with Crippen LogP contribution in [0.25, 0.3) is 11.1 Å². The Bertz CT molecular complexity index is 542. The van der Waals surface area contributed by atoms with Crippen molar-refractivity contribution in [3.63, 3.8) is 0 Å². The van der Waals surface area contributed by atoms with Crippen LogP contribution in [0.3, 0.4) is 0 Å². The molecule has 0 amide bonds. The highest BCUT2D eigenvalue weighted by Gasteiger charge is 2.08. The monoisotopic (exact) mass is 222 g/mol. The number of aryl methyl sites for hydroxylation is 1. The minimum absolute atomic E-state index is 0.136. The van der Waals surface area contributed by atoms with E-state index in [1.807, 2.05) is 0 Å². The van der Waals surface area contributed by atoms with Gasteiger partial charge in [0.2, 0.25) is 0 Å². The van der Waals surface area contributed by atoms with Gasteiger partial charge in [-0.15, -0.1) is 0 Å². The van der Waals surface area contributed by atoms with Gasteiger partial charge in [-0.3, -0.25) is 4.57 Å². The molecule has 5 heteroatoms. The number of hydrogen-bond acceptors (Lipinski definition) is 4. The Morgan fingerprint density at radius 1 is 1.38 bits per heavy atom. The molecular formula is C11H14N2O3. The number of nitrogen functional groups attached to an aromatic ring is 1. The van der Waals surface area contributed by atoms with Gasteiger partial charge in [-0.05, 0) is 25.0 Å². The van der Waals surface area contributed by atoms with Gasteiger partial charge in [-0.25, -0.2) is 4.79 Å². The summed E-state index contributed by atoms with van der Waals surface area (Å²) in [4.78, 5) is 11.5. The van der Waals surface area contributed by atoms with Crippen LogP contribution < -0.4 is 11.5 Å². The van der Waals surface area contributed by atoms with E-state index in [4.69, 9.17) is 15.3 Å². The molecule has 0 fully saturated rings. The molecule has 0 spiro atoms. The van der Waals surface area contributed by atoms with Crippen LogP contribution in [0.2, 0.25) is 0 Å². The van der Waals surface area contributed by atoms with Crippen molar-refractivity contribution in [2.45, 2.75) is 19.4 Å². The minimum atomic E-state index is -0.376. The second-order valence-electron chi connectivity index (χ2n) is 3.68. The first-order valence-corrected chi connectivity index (χ1v) is 5.22. The van der Waals surface area contributed by atoms with Gasteiger partial charge in [0, 0.05) is 24.9 Å². The molecule has 3 N–H and O–H groups in total. The average Bonchev–Trinajstić information content (AvgIpc) is 2.55. The van der Waals surface area contributed by atoms with Crippen LogP contribution in [0, 0.1) is 0 Å². The molecule has 16 heavy (non-hydrogen) atoms. The molecule has 0 saturated heterocycles. The molecule has 0 aliphatic heterocycles. The third-order valence-corrected chi connectivity index (χ3v) is 2.48. The molecule has 0 radical (unpaired) electrons. The van der Waals surface area contributed by atoms with Crippen LogP contribution in [-0.4, -0.2) is 16.3 Å². The van der Waals surface area contributed by atoms with E-state index in [0.717, 1.165) is 11.9 Å². The van der Waals surface area contributed by atoms with Crippen molar-refractivity contribution in [1.82, 2.24) is 4.57 Å². The Balaban J connectivity index is 2.36. The Labute approximate surface area is 92.1 Å². The van der Waals surface area contributed by atoms with E-state index in [-0.39, 0.29) is 12.4 Å². The maximum Gasteiger partial charge on any atom is 0.419 e. The summed E-state index contributed by atoms with van der Waals surface area (Å²) in [5.41, 5.74) is 7.43. The second-order valence-corrected chi connectivity index (χ2v) is 3.68. The Morgan fingerprint density at radius 2 is 2.19 bits per heavy atom. The van der Waals surface area contributed by atoms with E-state index in [2.05, 4.69) is 0 Å². The number of unbranched alkanes of at least 4 members (excludes halogenated alkanes) is 1. The first kappa shape index (κ1) is 10.8. The first-order chi connectivity index (χ1) is 7.72. The van der Waals surface area contributed by atoms with Gasteiger partial charge in [0.25, 0.3) is 0 Å². The van der Waals surface area contributed by atoms with E-state index >= 15 is 0 Å². The zero-order valence-electron chi connectivity index (χ0n) is 8.85. The Kier molecular flexibility index (Phi) is 2.96. The summed E-state index contributed by atoms with van der Waals surface area (Å²) >= 11 is 0. The lowest BCUT2D eigenvalue weighted by atomic mass is 10.2. The number of nitrogens with two attached hydrogens (primary N) is 1. The Hall–Kier alpha value is -1.75. The van der Waals surface area contributed by atoms with Crippen LogP contribution in [0.1, 0.15) is 12.8 Å². The van der Waals surface area contributed by atoms with Gasteiger partial charge < -0.3 is 15.3 Å². The number of rotatable bonds is 4. The molecule has 0 aliphatic carbocycles. The molecule has 0 aliphatic rings. The van der Waals surface area contributed by atoms with Gasteiger partial charge in [0.05, 0.1) is 5.52 Å². The predicted octanol–water partition coefficient (Wildman–Crippen LogP) is 0.949. The summed E-state index contributed by atoms with van der Waals surface area (Å²) in [5, 5.41) is 8.69. The smallest absolute Gasteiger partial charge is 0.408 e. The molecule has 0 atom stereocenters. The fraction of sp³-hybridized carbons (Fsp3) is 0.364. The number of hydrogen-bond donors (Lipinski definition) is 2. The third kappa shape index (κ3) is 1.94. The van der Waals surface area contributed by atoms with Gasteiger partial charge >= 0.3 is 5.76 Å². The number of aliphatic hydroxyl groups excluding tert-OH is 1. The predicted molar refractivity (Wildman–Crippen MR) is 61.2 cm³/mol. The molecule has 1 aromatic heterocycles. The molecular weight excluding hydrogens is 208 g/mol. The highest BCUT2D eigenvalue weighted by molar-refractivity contribution is 5.76. The fourth-order valence-electron chi connectivity index (χ4n) is 1.68. The minimum Gasteiger partial charge on any atom is -0.408 e. The molecule has 0 unspecified atom stereocenters. The highest BCUT2D eigenvalue weighted by Crippen LogP contribution is 2.16. The van der Waals surface area contributed by atoms with Gasteiger partial charge in [-0.2, -0.15) is 0 Å². The van der Waals surface area contributed by atoms with Gasteiger partial charge in [0.1, 0.15) is 0 Å². The van der Waals surface area contributed by atoms with Crippen molar-refractivity contribution in [2.75, 3.05) is 12.3 Å². The summed E-state index contributed by atoms with van der Waals surface area (Å²) in [7, 11) is 0. The van der Waals surface area contributed by atoms with Crippen LogP contribution in [0.4, 0.5) is 5.69 Å². The quantitative estimate of drug-likeness (QED) is 0.596. The normalized spacial score (nSPS) is 11.1. The van der Waals surface area contributed by atoms with Gasteiger partial charge in [0.15, 0.2) is 5.58 Å². The number of fused-ring (bicyclic) bond motifs is 1. The largest absolute Gasteiger partial charge is 0.419 e. The highest BCUT2D eigenvalue weighted by atomic mass is 16.4.